The van der Waals surface area contributed by atoms with Gasteiger partial charge in [0.1, 0.15) is 0 Å². The predicted molar refractivity (Wildman–Crippen MR) is 47.6 cm³/mol. The van der Waals surface area contributed by atoms with Gasteiger partial charge in [-0.05, 0) is 27.7 Å². The molecular weight excluding hydrogens is 140 g/mol. The first-order valence-corrected chi connectivity index (χ1v) is 3.40. The molecule has 1 N–H and O–H groups in total. The summed E-state index contributed by atoms with van der Waals surface area (Å²) in [6.07, 6.45) is 1.56. The van der Waals surface area contributed by atoms with Crippen molar-refractivity contribution in [3.8, 4) is 0 Å². The maximum atomic E-state index is 9.86. The van der Waals surface area contributed by atoms with Gasteiger partial charge in [-0.3, -0.25) is 0 Å². The first kappa shape index (κ1) is 12.6. The zero-order valence-corrected chi connectivity index (χ0v) is 7.64. The summed E-state index contributed by atoms with van der Waals surface area (Å²) in [5.41, 5.74) is 1.56. The van der Waals surface area contributed by atoms with Crippen LogP contribution in [0.25, 0.3) is 0 Å². The monoisotopic (exact) mass is 156 g/mol. The molecule has 0 unspecified atom stereocenters. The first-order valence-electron chi connectivity index (χ1n) is 3.40. The van der Waals surface area contributed by atoms with E-state index in [2.05, 4.69) is 6.58 Å². The van der Waals surface area contributed by atoms with Gasteiger partial charge in [0.25, 0.3) is 0 Å². The molecule has 0 fully saturated rings. The Kier molecular flexibility index (Phi) is 8.10. The van der Waals surface area contributed by atoms with Crippen molar-refractivity contribution in [3.63, 3.8) is 0 Å². The van der Waals surface area contributed by atoms with Crippen molar-refractivity contribution in [1.82, 2.24) is 0 Å². The van der Waals surface area contributed by atoms with Crippen molar-refractivity contribution in [2.24, 2.45) is 0 Å². The highest BCUT2D eigenvalue weighted by Crippen LogP contribution is 1.87. The fourth-order valence-electron chi connectivity index (χ4n) is 0.123. The summed E-state index contributed by atoms with van der Waals surface area (Å²) in [7, 11) is 0. The van der Waals surface area contributed by atoms with Crippen LogP contribution in [-0.2, 0) is 4.79 Å². The molecule has 0 heterocycles. The smallest absolute Gasteiger partial charge is 0.330 e. The van der Waals surface area contributed by atoms with Crippen LogP contribution >= 0.6 is 0 Å². The van der Waals surface area contributed by atoms with Crippen molar-refractivity contribution >= 4 is 5.97 Å². The van der Waals surface area contributed by atoms with Gasteiger partial charge >= 0.3 is 5.97 Å². The third-order valence-electron chi connectivity index (χ3n) is 0.770. The zero-order valence-electron chi connectivity index (χ0n) is 7.64. The van der Waals surface area contributed by atoms with Crippen molar-refractivity contribution in [3.05, 3.63) is 23.8 Å². The van der Waals surface area contributed by atoms with E-state index >= 15 is 0 Å². The van der Waals surface area contributed by atoms with Crippen molar-refractivity contribution in [2.75, 3.05) is 0 Å². The van der Waals surface area contributed by atoms with E-state index in [1.54, 1.807) is 19.9 Å². The van der Waals surface area contributed by atoms with Crippen LogP contribution in [0.1, 0.15) is 27.7 Å². The number of carboxylic acid groups (broad SMARTS) is 1. The molecule has 0 aliphatic rings. The summed E-state index contributed by atoms with van der Waals surface area (Å²) in [4.78, 5) is 9.86. The van der Waals surface area contributed by atoms with Crippen LogP contribution in [-0.4, -0.2) is 11.1 Å². The van der Waals surface area contributed by atoms with Crippen LogP contribution in [0.5, 0.6) is 0 Å². The van der Waals surface area contributed by atoms with Crippen LogP contribution in [0.4, 0.5) is 0 Å². The normalized spacial score (nSPS) is 9.64. The molecular formula is C9H16O2. The Balaban J connectivity index is 0. The lowest BCUT2D eigenvalue weighted by Crippen LogP contribution is -1.93. The maximum Gasteiger partial charge on any atom is 0.330 e. The number of allylic oxidation sites excluding steroid dienone is 2. The van der Waals surface area contributed by atoms with Crippen molar-refractivity contribution in [1.29, 1.82) is 0 Å². The average Bonchev–Trinajstić information content (AvgIpc) is 1.85. The molecule has 2 nitrogen and oxygen atoms in total. The Bertz CT molecular complexity index is 162. The van der Waals surface area contributed by atoms with Gasteiger partial charge in [0.2, 0.25) is 0 Å². The molecule has 0 bridgehead atoms. The SMILES string of the molecule is C/C=C(\C)C(=O)O.C=C(C)C. The molecule has 0 aromatic rings. The van der Waals surface area contributed by atoms with Crippen LogP contribution < -0.4 is 0 Å². The minimum Gasteiger partial charge on any atom is -0.478 e. The standard InChI is InChI=1S/C5H8O2.C4H8/c1-3-4(2)5(6)7;1-4(2)3/h3H,1-2H3,(H,6,7);1H2,2-3H3/b4-3+;. The minimum atomic E-state index is -0.845. The summed E-state index contributed by atoms with van der Waals surface area (Å²) < 4.78 is 0. The van der Waals surface area contributed by atoms with E-state index in [0.717, 1.165) is 0 Å². The molecule has 0 radical (unpaired) electrons. The molecule has 0 atom stereocenters. The Morgan fingerprint density at radius 3 is 1.64 bits per heavy atom. The predicted octanol–water partition coefficient (Wildman–Crippen LogP) is 2.62. The molecule has 0 saturated carbocycles. The van der Waals surface area contributed by atoms with Crippen molar-refractivity contribution < 1.29 is 9.90 Å². The van der Waals surface area contributed by atoms with Gasteiger partial charge in [0.05, 0.1) is 0 Å². The van der Waals surface area contributed by atoms with Gasteiger partial charge in [-0.2, -0.15) is 0 Å². The van der Waals surface area contributed by atoms with Gasteiger partial charge in [0, 0.05) is 5.57 Å². The molecule has 0 saturated heterocycles. The third-order valence-corrected chi connectivity index (χ3v) is 0.770. The van der Waals surface area contributed by atoms with Gasteiger partial charge in [-0.25, -0.2) is 4.79 Å². The van der Waals surface area contributed by atoms with Crippen LogP contribution in [0, 0.1) is 0 Å². The van der Waals surface area contributed by atoms with E-state index in [1.807, 2.05) is 13.8 Å². The second-order valence-corrected chi connectivity index (χ2v) is 2.48. The summed E-state index contributed by atoms with van der Waals surface area (Å²) in [5, 5.41) is 8.11. The van der Waals surface area contributed by atoms with Gasteiger partial charge < -0.3 is 5.11 Å². The number of carboxylic acids is 1. The maximum absolute atomic E-state index is 9.86. The number of aliphatic carboxylic acids is 1. The van der Waals surface area contributed by atoms with E-state index in [4.69, 9.17) is 5.11 Å². The van der Waals surface area contributed by atoms with Crippen LogP contribution in [0.3, 0.4) is 0 Å². The molecule has 0 aromatic carbocycles. The van der Waals surface area contributed by atoms with E-state index < -0.39 is 5.97 Å². The second-order valence-electron chi connectivity index (χ2n) is 2.48. The second kappa shape index (κ2) is 7.06. The summed E-state index contributed by atoms with van der Waals surface area (Å²) in [6, 6.07) is 0. The van der Waals surface area contributed by atoms with Gasteiger partial charge in [0.15, 0.2) is 0 Å². The van der Waals surface area contributed by atoms with E-state index in [1.165, 1.54) is 5.57 Å². The van der Waals surface area contributed by atoms with Crippen LogP contribution in [0.15, 0.2) is 23.8 Å². The minimum absolute atomic E-state index is 0.389. The fraction of sp³-hybridized carbons (Fsp3) is 0.444. The molecule has 0 aliphatic carbocycles. The highest BCUT2D eigenvalue weighted by atomic mass is 16.4. The molecule has 0 rings (SSSR count). The summed E-state index contributed by atoms with van der Waals surface area (Å²) in [6.45, 7) is 10.8. The molecule has 0 spiro atoms. The summed E-state index contributed by atoms with van der Waals surface area (Å²) >= 11 is 0. The topological polar surface area (TPSA) is 37.3 Å². The van der Waals surface area contributed by atoms with Gasteiger partial charge in [-0.1, -0.05) is 11.6 Å². The number of rotatable bonds is 1. The third kappa shape index (κ3) is 17.6. The molecule has 0 amide bonds. The summed E-state index contributed by atoms with van der Waals surface area (Å²) in [5.74, 6) is -0.845. The molecule has 0 aliphatic heterocycles. The quantitative estimate of drug-likeness (QED) is 0.468. The van der Waals surface area contributed by atoms with E-state index in [-0.39, 0.29) is 0 Å². The van der Waals surface area contributed by atoms with E-state index in [0.29, 0.717) is 5.57 Å². The molecule has 11 heavy (non-hydrogen) atoms. The Hall–Kier alpha value is -1.05. The lowest BCUT2D eigenvalue weighted by atomic mass is 10.3. The number of carbonyl (C=O) groups is 1. The van der Waals surface area contributed by atoms with E-state index in [9.17, 15) is 4.79 Å². The first-order chi connectivity index (χ1) is 4.91. The Labute approximate surface area is 68.2 Å². The van der Waals surface area contributed by atoms with Crippen molar-refractivity contribution in [2.45, 2.75) is 27.7 Å². The average molecular weight is 156 g/mol. The Morgan fingerprint density at radius 2 is 1.64 bits per heavy atom. The molecule has 0 aromatic heterocycles. The molecule has 64 valence electrons. The number of hydrogen-bond acceptors (Lipinski definition) is 1. The number of hydrogen-bond donors (Lipinski definition) is 1. The van der Waals surface area contributed by atoms with Crippen LogP contribution in [0.2, 0.25) is 0 Å². The zero-order chi connectivity index (χ0) is 9.44. The highest BCUT2D eigenvalue weighted by Gasteiger charge is 1.93. The highest BCUT2D eigenvalue weighted by molar-refractivity contribution is 5.85. The lowest BCUT2D eigenvalue weighted by Gasteiger charge is -1.84. The molecule has 2 heteroatoms. The fourth-order valence-corrected chi connectivity index (χ4v) is 0.123. The largest absolute Gasteiger partial charge is 0.478 e. The Morgan fingerprint density at radius 1 is 1.36 bits per heavy atom. The van der Waals surface area contributed by atoms with Gasteiger partial charge in [-0.15, -0.1) is 6.58 Å². The lowest BCUT2D eigenvalue weighted by molar-refractivity contribution is -0.132.